The molecule has 142 valence electrons. The monoisotopic (exact) mass is 391 g/mol. The van der Waals surface area contributed by atoms with E-state index in [-0.39, 0.29) is 35.5 Å². The molecule has 1 aliphatic heterocycles. The van der Waals surface area contributed by atoms with E-state index in [2.05, 4.69) is 9.71 Å². The Morgan fingerprint density at radius 3 is 2.70 bits per heavy atom. The van der Waals surface area contributed by atoms with Crippen molar-refractivity contribution >= 4 is 21.8 Å². The first-order valence-corrected chi connectivity index (χ1v) is 9.53. The predicted molar refractivity (Wildman–Crippen MR) is 97.6 cm³/mol. The molecule has 0 aromatic heterocycles. The average Bonchev–Trinajstić information content (AvgIpc) is 2.90. The minimum Gasteiger partial charge on any atom is -0.494 e. The molecule has 9 heteroatoms. The highest BCUT2D eigenvalue weighted by molar-refractivity contribution is 7.90. The number of rotatable bonds is 5. The minimum absolute atomic E-state index is 0.131. The third-order valence-corrected chi connectivity index (χ3v) is 5.49. The van der Waals surface area contributed by atoms with Crippen molar-refractivity contribution < 1.29 is 22.3 Å². The number of carbonyl (C=O) groups is 1. The molecule has 3 rings (SSSR count). The molecule has 1 amide bonds. The molecule has 2 aromatic rings. The van der Waals surface area contributed by atoms with Gasteiger partial charge in [-0.3, -0.25) is 14.5 Å². The molecule has 0 atom stereocenters. The van der Waals surface area contributed by atoms with Crippen molar-refractivity contribution in [2.75, 3.05) is 20.7 Å². The van der Waals surface area contributed by atoms with Gasteiger partial charge in [0.05, 0.1) is 12.0 Å². The molecule has 0 aliphatic carbocycles. The summed E-state index contributed by atoms with van der Waals surface area (Å²) in [5.41, 5.74) is 1.04. The summed E-state index contributed by atoms with van der Waals surface area (Å²) in [6.07, 6.45) is 0. The number of hydrogen-bond acceptors (Lipinski definition) is 5. The maximum absolute atomic E-state index is 13.8. The number of nitrogens with zero attached hydrogens (tertiary/aromatic N) is 2. The van der Waals surface area contributed by atoms with Crippen LogP contribution in [-0.4, -0.2) is 45.8 Å². The van der Waals surface area contributed by atoms with Crippen LogP contribution in [-0.2, 0) is 21.4 Å². The number of carbonyl (C=O) groups excluding carboxylic acids is 1. The lowest BCUT2D eigenvalue weighted by Gasteiger charge is -2.16. The maximum atomic E-state index is 13.8. The second-order valence-corrected chi connectivity index (χ2v) is 7.64. The first kappa shape index (κ1) is 18.8. The van der Waals surface area contributed by atoms with Gasteiger partial charge in [-0.05, 0) is 29.8 Å². The van der Waals surface area contributed by atoms with Crippen molar-refractivity contribution in [2.45, 2.75) is 11.4 Å². The van der Waals surface area contributed by atoms with Crippen LogP contribution >= 0.6 is 0 Å². The van der Waals surface area contributed by atoms with Gasteiger partial charge in [0.2, 0.25) is 5.91 Å². The lowest BCUT2D eigenvalue weighted by molar-refractivity contribution is -0.128. The van der Waals surface area contributed by atoms with E-state index in [4.69, 9.17) is 4.74 Å². The van der Waals surface area contributed by atoms with Gasteiger partial charge in [-0.2, -0.15) is 0 Å². The Morgan fingerprint density at radius 1 is 1.26 bits per heavy atom. The summed E-state index contributed by atoms with van der Waals surface area (Å²) < 4.78 is 45.0. The number of aliphatic imine (C=N–C) groups is 1. The van der Waals surface area contributed by atoms with E-state index >= 15 is 0 Å². The zero-order chi connectivity index (χ0) is 19.6. The fourth-order valence-corrected chi connectivity index (χ4v) is 3.94. The first-order chi connectivity index (χ1) is 12.8. The van der Waals surface area contributed by atoms with Gasteiger partial charge in [0, 0.05) is 19.2 Å². The molecular weight excluding hydrogens is 373 g/mol. The van der Waals surface area contributed by atoms with Crippen LogP contribution < -0.4 is 9.46 Å². The fourth-order valence-electron chi connectivity index (χ4n) is 2.69. The normalized spacial score (nSPS) is 15.9. The lowest BCUT2D eigenvalue weighted by atomic mass is 10.2. The van der Waals surface area contributed by atoms with Crippen LogP contribution in [0.3, 0.4) is 0 Å². The van der Waals surface area contributed by atoms with Crippen molar-refractivity contribution in [2.24, 2.45) is 4.99 Å². The first-order valence-electron chi connectivity index (χ1n) is 8.05. The van der Waals surface area contributed by atoms with Gasteiger partial charge in [0.1, 0.15) is 12.4 Å². The Kier molecular flexibility index (Phi) is 5.13. The molecule has 7 nitrogen and oxygen atoms in total. The van der Waals surface area contributed by atoms with E-state index in [1.54, 1.807) is 31.3 Å². The smallest absolute Gasteiger partial charge is 0.263 e. The van der Waals surface area contributed by atoms with Crippen LogP contribution in [0.5, 0.6) is 5.75 Å². The summed E-state index contributed by atoms with van der Waals surface area (Å²) in [5.74, 6) is -0.565. The summed E-state index contributed by atoms with van der Waals surface area (Å²) >= 11 is 0. The van der Waals surface area contributed by atoms with Crippen LogP contribution in [0.25, 0.3) is 0 Å². The second kappa shape index (κ2) is 7.36. The largest absolute Gasteiger partial charge is 0.494 e. The molecule has 0 bridgehead atoms. The molecule has 27 heavy (non-hydrogen) atoms. The standard InChI is InChI=1S/C18H18FN3O4S/c1-22(11-12-7-8-15(26-2)14(19)9-12)17(23)10-20-18-13-5-3-4-6-16(13)27(24,25)21-18/h3-9H,10-11H2,1-2H3,(H,20,21). The number of likely N-dealkylation sites (N-methyl/N-ethyl adjacent to an activating group) is 1. The number of halogens is 1. The number of amidine groups is 1. The number of fused-ring (bicyclic) bond motifs is 1. The number of methoxy groups -OCH3 is 1. The number of sulfonamides is 1. The second-order valence-electron chi connectivity index (χ2n) is 5.99. The molecule has 1 heterocycles. The Bertz CT molecular complexity index is 1020. The quantitative estimate of drug-likeness (QED) is 0.837. The molecule has 0 unspecified atom stereocenters. The van der Waals surface area contributed by atoms with Crippen LogP contribution in [0.4, 0.5) is 4.39 Å². The summed E-state index contributed by atoms with van der Waals surface area (Å²) in [6, 6.07) is 10.9. The lowest BCUT2D eigenvalue weighted by Crippen LogP contribution is -2.30. The third-order valence-electron chi connectivity index (χ3n) is 4.10. The van der Waals surface area contributed by atoms with Gasteiger partial charge in [0.15, 0.2) is 11.6 Å². The molecule has 1 N–H and O–H groups in total. The zero-order valence-electron chi connectivity index (χ0n) is 14.8. The number of benzene rings is 2. The van der Waals surface area contributed by atoms with Gasteiger partial charge >= 0.3 is 0 Å². The van der Waals surface area contributed by atoms with Crippen LogP contribution in [0.15, 0.2) is 52.4 Å². The molecule has 2 aromatic carbocycles. The zero-order valence-corrected chi connectivity index (χ0v) is 15.6. The molecule has 0 spiro atoms. The van der Waals surface area contributed by atoms with Crippen molar-refractivity contribution in [3.05, 3.63) is 59.4 Å². The van der Waals surface area contributed by atoms with Gasteiger partial charge < -0.3 is 9.64 Å². The third kappa shape index (κ3) is 3.92. The highest BCUT2D eigenvalue weighted by Crippen LogP contribution is 2.22. The molecular formula is C18H18FN3O4S. The van der Waals surface area contributed by atoms with Crippen molar-refractivity contribution in [1.82, 2.24) is 9.62 Å². The molecule has 1 aliphatic rings. The average molecular weight is 391 g/mol. The van der Waals surface area contributed by atoms with Gasteiger partial charge in [-0.15, -0.1) is 0 Å². The SMILES string of the molecule is COc1ccc(CN(C)C(=O)CN=C2NS(=O)(=O)c3ccccc32)cc1F. The van der Waals surface area contributed by atoms with E-state index in [0.29, 0.717) is 11.1 Å². The Balaban J connectivity index is 1.69. The molecule has 0 saturated carbocycles. The number of nitrogens with one attached hydrogen (secondary N) is 1. The summed E-state index contributed by atoms with van der Waals surface area (Å²) in [5, 5.41) is 0. The molecule has 0 fully saturated rings. The van der Waals surface area contributed by atoms with Crippen molar-refractivity contribution in [1.29, 1.82) is 0 Å². The molecule has 0 saturated heterocycles. The Morgan fingerprint density at radius 2 is 2.00 bits per heavy atom. The summed E-state index contributed by atoms with van der Waals surface area (Å²) in [4.78, 5) is 17.9. The summed E-state index contributed by atoms with van der Waals surface area (Å²) in [7, 11) is -0.698. The highest BCUT2D eigenvalue weighted by Gasteiger charge is 2.30. The predicted octanol–water partition coefficient (Wildman–Crippen LogP) is 1.53. The fraction of sp³-hybridized carbons (Fsp3) is 0.222. The van der Waals surface area contributed by atoms with Gasteiger partial charge in [-0.25, -0.2) is 12.8 Å². The maximum Gasteiger partial charge on any atom is 0.263 e. The van der Waals surface area contributed by atoms with E-state index in [0.717, 1.165) is 0 Å². The number of hydrogen-bond donors (Lipinski definition) is 1. The number of ether oxygens (including phenoxy) is 1. The van der Waals surface area contributed by atoms with E-state index in [1.165, 1.54) is 30.2 Å². The van der Waals surface area contributed by atoms with Crippen molar-refractivity contribution in [3.63, 3.8) is 0 Å². The molecule has 0 radical (unpaired) electrons. The topological polar surface area (TPSA) is 88.1 Å². The van der Waals surface area contributed by atoms with E-state index in [9.17, 15) is 17.6 Å². The van der Waals surface area contributed by atoms with Gasteiger partial charge in [-0.1, -0.05) is 18.2 Å². The summed E-state index contributed by atoms with van der Waals surface area (Å²) in [6.45, 7) is -0.0474. The number of amides is 1. The van der Waals surface area contributed by atoms with Crippen LogP contribution in [0, 0.1) is 5.82 Å². The van der Waals surface area contributed by atoms with Crippen LogP contribution in [0.2, 0.25) is 0 Å². The Hall–Kier alpha value is -2.94. The van der Waals surface area contributed by atoms with Gasteiger partial charge in [0.25, 0.3) is 10.0 Å². The van der Waals surface area contributed by atoms with E-state index in [1.807, 2.05) is 0 Å². The van der Waals surface area contributed by atoms with Crippen molar-refractivity contribution in [3.8, 4) is 5.75 Å². The minimum atomic E-state index is -3.64. The van der Waals surface area contributed by atoms with E-state index < -0.39 is 15.8 Å². The highest BCUT2D eigenvalue weighted by atomic mass is 32.2. The van der Waals surface area contributed by atoms with Crippen LogP contribution in [0.1, 0.15) is 11.1 Å². The Labute approximate surface area is 156 Å².